The van der Waals surface area contributed by atoms with Gasteiger partial charge in [-0.05, 0) is 36.8 Å². The van der Waals surface area contributed by atoms with E-state index in [0.717, 1.165) is 29.3 Å². The first kappa shape index (κ1) is 19.4. The van der Waals surface area contributed by atoms with Gasteiger partial charge in [0.2, 0.25) is 15.9 Å². The first-order valence-electron chi connectivity index (χ1n) is 8.90. The number of aryl methyl sites for hydroxylation is 1. The third kappa shape index (κ3) is 5.11. The lowest BCUT2D eigenvalue weighted by atomic mass is 10.2. The summed E-state index contributed by atoms with van der Waals surface area (Å²) in [6, 6.07) is 11.7. The SMILES string of the molecule is Cc1cccc(N2CCN(C(=O)CN(Cc3ccco3)S(C)(=O)=O)CC2)c1. The molecule has 146 valence electrons. The number of nitrogens with zero attached hydrogens (tertiary/aromatic N) is 3. The summed E-state index contributed by atoms with van der Waals surface area (Å²) < 4.78 is 30.5. The van der Waals surface area contributed by atoms with Gasteiger partial charge in [-0.1, -0.05) is 12.1 Å². The van der Waals surface area contributed by atoms with Crippen molar-refractivity contribution in [1.82, 2.24) is 9.21 Å². The van der Waals surface area contributed by atoms with Crippen molar-refractivity contribution in [1.29, 1.82) is 0 Å². The zero-order valence-corrected chi connectivity index (χ0v) is 16.5. The van der Waals surface area contributed by atoms with Crippen molar-refractivity contribution < 1.29 is 17.6 Å². The highest BCUT2D eigenvalue weighted by molar-refractivity contribution is 7.88. The minimum atomic E-state index is -3.52. The van der Waals surface area contributed by atoms with Gasteiger partial charge in [-0.15, -0.1) is 0 Å². The van der Waals surface area contributed by atoms with Crippen molar-refractivity contribution in [3.8, 4) is 0 Å². The first-order valence-corrected chi connectivity index (χ1v) is 10.7. The maximum Gasteiger partial charge on any atom is 0.238 e. The van der Waals surface area contributed by atoms with E-state index in [4.69, 9.17) is 4.42 Å². The van der Waals surface area contributed by atoms with Crippen LogP contribution in [0.4, 0.5) is 5.69 Å². The standard InChI is InChI=1S/C19H25N3O4S/c1-16-5-3-6-17(13-16)20-8-10-21(11-9-20)19(23)15-22(27(2,24)25)14-18-7-4-12-26-18/h3-7,12-13H,8-11,14-15H2,1-2H3. The van der Waals surface area contributed by atoms with Gasteiger partial charge in [0.05, 0.1) is 25.6 Å². The highest BCUT2D eigenvalue weighted by Crippen LogP contribution is 2.18. The summed E-state index contributed by atoms with van der Waals surface area (Å²) in [4.78, 5) is 16.6. The Morgan fingerprint density at radius 1 is 1.15 bits per heavy atom. The van der Waals surface area contributed by atoms with E-state index in [2.05, 4.69) is 30.0 Å². The lowest BCUT2D eigenvalue weighted by Gasteiger charge is -2.37. The Hall–Kier alpha value is -2.32. The Morgan fingerprint density at radius 2 is 1.89 bits per heavy atom. The molecule has 1 fully saturated rings. The molecule has 2 heterocycles. The largest absolute Gasteiger partial charge is 0.468 e. The van der Waals surface area contributed by atoms with E-state index in [1.165, 1.54) is 11.8 Å². The predicted octanol–water partition coefficient (Wildman–Crippen LogP) is 1.70. The summed E-state index contributed by atoms with van der Waals surface area (Å²) in [6.07, 6.45) is 2.60. The monoisotopic (exact) mass is 391 g/mol. The number of rotatable bonds is 6. The molecular formula is C19H25N3O4S. The van der Waals surface area contributed by atoms with E-state index in [9.17, 15) is 13.2 Å². The molecule has 1 aromatic carbocycles. The van der Waals surface area contributed by atoms with Gasteiger partial charge in [-0.3, -0.25) is 4.79 Å². The highest BCUT2D eigenvalue weighted by atomic mass is 32.2. The molecule has 27 heavy (non-hydrogen) atoms. The van der Waals surface area contributed by atoms with Crippen LogP contribution < -0.4 is 4.90 Å². The molecule has 7 nitrogen and oxygen atoms in total. The molecule has 0 aliphatic carbocycles. The number of carbonyl (C=O) groups excluding carboxylic acids is 1. The van der Waals surface area contributed by atoms with Crippen LogP contribution in [-0.2, 0) is 21.4 Å². The quantitative estimate of drug-likeness (QED) is 0.749. The van der Waals surface area contributed by atoms with E-state index in [1.807, 2.05) is 6.07 Å². The fourth-order valence-corrected chi connectivity index (χ4v) is 3.86. The molecule has 1 aliphatic heterocycles. The van der Waals surface area contributed by atoms with Gasteiger partial charge in [0, 0.05) is 31.9 Å². The van der Waals surface area contributed by atoms with Crippen LogP contribution in [0, 0.1) is 6.92 Å². The van der Waals surface area contributed by atoms with Crippen LogP contribution in [0.1, 0.15) is 11.3 Å². The number of hydrogen-bond donors (Lipinski definition) is 0. The highest BCUT2D eigenvalue weighted by Gasteiger charge is 2.27. The van der Waals surface area contributed by atoms with Crippen molar-refractivity contribution in [2.45, 2.75) is 13.5 Å². The van der Waals surface area contributed by atoms with Gasteiger partial charge in [0.15, 0.2) is 0 Å². The number of furan rings is 1. The molecule has 0 saturated carbocycles. The van der Waals surface area contributed by atoms with E-state index in [0.29, 0.717) is 18.8 Å². The molecule has 3 rings (SSSR count). The van der Waals surface area contributed by atoms with Crippen LogP contribution >= 0.6 is 0 Å². The van der Waals surface area contributed by atoms with Crippen molar-refractivity contribution >= 4 is 21.6 Å². The maximum atomic E-state index is 12.7. The van der Waals surface area contributed by atoms with Crippen LogP contribution in [-0.4, -0.2) is 62.5 Å². The summed E-state index contributed by atoms with van der Waals surface area (Å²) in [6.45, 7) is 4.54. The Labute approximate surface area is 160 Å². The Balaban J connectivity index is 1.59. The number of sulfonamides is 1. The first-order chi connectivity index (χ1) is 12.8. The van der Waals surface area contributed by atoms with Crippen LogP contribution in [0.2, 0.25) is 0 Å². The smallest absolute Gasteiger partial charge is 0.238 e. The minimum absolute atomic E-state index is 0.0564. The van der Waals surface area contributed by atoms with Gasteiger partial charge >= 0.3 is 0 Å². The molecule has 0 unspecified atom stereocenters. The summed E-state index contributed by atoms with van der Waals surface area (Å²) >= 11 is 0. The number of anilines is 1. The lowest BCUT2D eigenvalue weighted by molar-refractivity contribution is -0.131. The molecule has 0 spiro atoms. The molecule has 8 heteroatoms. The molecule has 1 saturated heterocycles. The van der Waals surface area contributed by atoms with Crippen molar-refractivity contribution in [2.24, 2.45) is 0 Å². The summed E-state index contributed by atoms with van der Waals surface area (Å²) in [7, 11) is -3.52. The molecule has 0 atom stereocenters. The second-order valence-electron chi connectivity index (χ2n) is 6.82. The summed E-state index contributed by atoms with van der Waals surface area (Å²) in [5.41, 5.74) is 2.35. The van der Waals surface area contributed by atoms with E-state index in [-0.39, 0.29) is 19.0 Å². The Bertz CT molecular complexity index is 872. The fourth-order valence-electron chi connectivity index (χ4n) is 3.16. The summed E-state index contributed by atoms with van der Waals surface area (Å²) in [5, 5.41) is 0. The van der Waals surface area contributed by atoms with Gasteiger partial charge < -0.3 is 14.2 Å². The van der Waals surface area contributed by atoms with Crippen LogP contribution in [0.3, 0.4) is 0 Å². The molecule has 0 radical (unpaired) electrons. The van der Waals surface area contributed by atoms with Gasteiger partial charge in [0.1, 0.15) is 5.76 Å². The number of hydrogen-bond acceptors (Lipinski definition) is 5. The van der Waals surface area contributed by atoms with Crippen LogP contribution in [0.5, 0.6) is 0 Å². The Morgan fingerprint density at radius 3 is 2.48 bits per heavy atom. The maximum absolute atomic E-state index is 12.7. The molecule has 0 bridgehead atoms. The summed E-state index contributed by atoms with van der Waals surface area (Å²) in [5.74, 6) is 0.327. The average molecular weight is 391 g/mol. The van der Waals surface area contributed by atoms with Gasteiger partial charge in [0.25, 0.3) is 0 Å². The molecule has 1 aromatic heterocycles. The number of benzene rings is 1. The molecule has 2 aromatic rings. The van der Waals surface area contributed by atoms with E-state index >= 15 is 0 Å². The third-order valence-corrected chi connectivity index (χ3v) is 5.89. The van der Waals surface area contributed by atoms with Crippen LogP contribution in [0.15, 0.2) is 47.1 Å². The lowest BCUT2D eigenvalue weighted by Crippen LogP contribution is -2.51. The van der Waals surface area contributed by atoms with E-state index < -0.39 is 10.0 Å². The molecule has 1 amide bonds. The van der Waals surface area contributed by atoms with Gasteiger partial charge in [-0.25, -0.2) is 8.42 Å². The molecule has 0 N–H and O–H groups in total. The topological polar surface area (TPSA) is 74.1 Å². The number of carbonyl (C=O) groups is 1. The van der Waals surface area contributed by atoms with Crippen molar-refractivity contribution in [3.05, 3.63) is 54.0 Å². The van der Waals surface area contributed by atoms with E-state index in [1.54, 1.807) is 17.0 Å². The molecular weight excluding hydrogens is 366 g/mol. The van der Waals surface area contributed by atoms with Crippen molar-refractivity contribution in [2.75, 3.05) is 43.9 Å². The normalized spacial score (nSPS) is 15.4. The second kappa shape index (κ2) is 8.14. The average Bonchev–Trinajstić information content (AvgIpc) is 3.14. The number of amides is 1. The van der Waals surface area contributed by atoms with Gasteiger partial charge in [-0.2, -0.15) is 4.31 Å². The molecule has 1 aliphatic rings. The number of piperazine rings is 1. The Kier molecular flexibility index (Phi) is 5.86. The predicted molar refractivity (Wildman–Crippen MR) is 104 cm³/mol. The fraction of sp³-hybridized carbons (Fsp3) is 0.421. The zero-order valence-electron chi connectivity index (χ0n) is 15.7. The second-order valence-corrected chi connectivity index (χ2v) is 8.80. The minimum Gasteiger partial charge on any atom is -0.468 e. The van der Waals surface area contributed by atoms with Crippen molar-refractivity contribution in [3.63, 3.8) is 0 Å². The third-order valence-electron chi connectivity index (χ3n) is 4.69. The van der Waals surface area contributed by atoms with Crippen LogP contribution in [0.25, 0.3) is 0 Å². The zero-order chi connectivity index (χ0) is 19.4.